The third-order valence-electron chi connectivity index (χ3n) is 2.15. The van der Waals surface area contributed by atoms with Gasteiger partial charge in [-0.2, -0.15) is 0 Å². The SMILES string of the molecule is O=c1[nH]nc2ncc3ccccc3n12. The highest BCUT2D eigenvalue weighted by molar-refractivity contribution is 5.79. The van der Waals surface area contributed by atoms with Crippen molar-refractivity contribution in [2.45, 2.75) is 0 Å². The summed E-state index contributed by atoms with van der Waals surface area (Å²) in [7, 11) is 0. The smallest absolute Gasteiger partial charge is 0.246 e. The van der Waals surface area contributed by atoms with Crippen molar-refractivity contribution in [3.05, 3.63) is 40.9 Å². The molecule has 0 bridgehead atoms. The Bertz CT molecular complexity index is 667. The summed E-state index contributed by atoms with van der Waals surface area (Å²) in [5.74, 6) is 0.397. The van der Waals surface area contributed by atoms with Gasteiger partial charge >= 0.3 is 5.69 Å². The Morgan fingerprint density at radius 3 is 3.07 bits per heavy atom. The molecule has 2 heterocycles. The van der Waals surface area contributed by atoms with E-state index >= 15 is 0 Å². The van der Waals surface area contributed by atoms with Crippen LogP contribution in [0, 0.1) is 0 Å². The van der Waals surface area contributed by atoms with Crippen molar-refractivity contribution in [2.24, 2.45) is 0 Å². The maximum absolute atomic E-state index is 11.4. The molecule has 5 heteroatoms. The summed E-state index contributed by atoms with van der Waals surface area (Å²) >= 11 is 0. The van der Waals surface area contributed by atoms with Crippen molar-refractivity contribution < 1.29 is 0 Å². The lowest BCUT2D eigenvalue weighted by molar-refractivity contribution is 1.04. The molecule has 68 valence electrons. The van der Waals surface area contributed by atoms with Crippen LogP contribution in [0.5, 0.6) is 0 Å². The van der Waals surface area contributed by atoms with E-state index in [2.05, 4.69) is 15.2 Å². The van der Waals surface area contributed by atoms with Crippen LogP contribution >= 0.6 is 0 Å². The van der Waals surface area contributed by atoms with Gasteiger partial charge in [-0.05, 0) is 6.07 Å². The summed E-state index contributed by atoms with van der Waals surface area (Å²) in [4.78, 5) is 15.4. The number of aromatic nitrogens is 4. The number of hydrogen-bond acceptors (Lipinski definition) is 3. The fourth-order valence-electron chi connectivity index (χ4n) is 1.52. The summed E-state index contributed by atoms with van der Waals surface area (Å²) in [5, 5.41) is 7.07. The molecule has 1 aromatic carbocycles. The third-order valence-corrected chi connectivity index (χ3v) is 2.15. The molecule has 5 nitrogen and oxygen atoms in total. The standard InChI is InChI=1S/C9H6N4O/c14-9-12-11-8-10-5-6-3-1-2-4-7(6)13(8)9/h1-5H,(H,12,14). The molecular formula is C9H6N4O. The van der Waals surface area contributed by atoms with E-state index in [-0.39, 0.29) is 5.69 Å². The van der Waals surface area contributed by atoms with Crippen LogP contribution in [0.3, 0.4) is 0 Å². The fraction of sp³-hybridized carbons (Fsp3) is 0. The van der Waals surface area contributed by atoms with E-state index in [1.165, 1.54) is 4.40 Å². The normalized spacial score (nSPS) is 11.1. The molecule has 0 atom stereocenters. The summed E-state index contributed by atoms with van der Waals surface area (Å²) in [6.07, 6.45) is 1.70. The molecule has 0 aliphatic heterocycles. The largest absolute Gasteiger partial charge is 0.349 e. The minimum atomic E-state index is -0.260. The molecule has 0 saturated heterocycles. The predicted molar refractivity (Wildman–Crippen MR) is 51.1 cm³/mol. The first-order valence-electron chi connectivity index (χ1n) is 4.17. The van der Waals surface area contributed by atoms with E-state index < -0.39 is 0 Å². The van der Waals surface area contributed by atoms with E-state index in [0.717, 1.165) is 10.9 Å². The Morgan fingerprint density at radius 1 is 1.29 bits per heavy atom. The highest BCUT2D eigenvalue weighted by Gasteiger charge is 2.04. The number of nitrogens with one attached hydrogen (secondary N) is 1. The molecule has 0 radical (unpaired) electrons. The van der Waals surface area contributed by atoms with Crippen LogP contribution in [-0.4, -0.2) is 19.6 Å². The van der Waals surface area contributed by atoms with Crippen LogP contribution in [0.2, 0.25) is 0 Å². The lowest BCUT2D eigenvalue weighted by Gasteiger charge is -1.97. The van der Waals surface area contributed by atoms with Crippen LogP contribution in [0.25, 0.3) is 16.7 Å². The topological polar surface area (TPSA) is 63.0 Å². The van der Waals surface area contributed by atoms with Crippen molar-refractivity contribution in [1.82, 2.24) is 19.6 Å². The number of H-pyrrole nitrogens is 1. The first kappa shape index (κ1) is 7.25. The van der Waals surface area contributed by atoms with Crippen molar-refractivity contribution >= 4 is 16.7 Å². The van der Waals surface area contributed by atoms with Crippen LogP contribution in [0.15, 0.2) is 35.3 Å². The second-order valence-electron chi connectivity index (χ2n) is 2.98. The predicted octanol–water partition coefficient (Wildman–Crippen LogP) is 0.571. The molecule has 0 fully saturated rings. The summed E-state index contributed by atoms with van der Waals surface area (Å²) in [6, 6.07) is 7.55. The van der Waals surface area contributed by atoms with Crippen molar-refractivity contribution in [2.75, 3.05) is 0 Å². The number of fused-ring (bicyclic) bond motifs is 3. The lowest BCUT2D eigenvalue weighted by atomic mass is 10.2. The molecule has 0 unspecified atom stereocenters. The van der Waals surface area contributed by atoms with Gasteiger partial charge in [0.25, 0.3) is 5.78 Å². The Balaban J connectivity index is 2.72. The van der Waals surface area contributed by atoms with Gasteiger partial charge in [0.15, 0.2) is 0 Å². The van der Waals surface area contributed by atoms with Gasteiger partial charge in [0.1, 0.15) is 0 Å². The van der Waals surface area contributed by atoms with Crippen molar-refractivity contribution in [3.8, 4) is 0 Å². The summed E-state index contributed by atoms with van der Waals surface area (Å²) in [6.45, 7) is 0. The highest BCUT2D eigenvalue weighted by Crippen LogP contribution is 2.10. The average molecular weight is 186 g/mol. The highest BCUT2D eigenvalue weighted by atomic mass is 16.1. The van der Waals surface area contributed by atoms with Gasteiger partial charge in [0.2, 0.25) is 0 Å². The molecule has 3 rings (SSSR count). The maximum atomic E-state index is 11.4. The van der Waals surface area contributed by atoms with E-state index in [1.807, 2.05) is 24.3 Å². The zero-order valence-electron chi connectivity index (χ0n) is 7.14. The molecule has 0 saturated carbocycles. The van der Waals surface area contributed by atoms with E-state index in [0.29, 0.717) is 5.78 Å². The second-order valence-corrected chi connectivity index (χ2v) is 2.98. The molecule has 0 spiro atoms. The number of nitrogens with zero attached hydrogens (tertiary/aromatic N) is 3. The quantitative estimate of drug-likeness (QED) is 0.558. The minimum absolute atomic E-state index is 0.260. The van der Waals surface area contributed by atoms with Crippen LogP contribution in [0.4, 0.5) is 0 Å². The molecule has 0 aliphatic carbocycles. The molecule has 1 N–H and O–H groups in total. The molecule has 14 heavy (non-hydrogen) atoms. The molecule has 0 aliphatic rings. The van der Waals surface area contributed by atoms with Crippen LogP contribution in [-0.2, 0) is 0 Å². The van der Waals surface area contributed by atoms with Crippen molar-refractivity contribution in [3.63, 3.8) is 0 Å². The number of rotatable bonds is 0. The van der Waals surface area contributed by atoms with Gasteiger partial charge in [-0.3, -0.25) is 0 Å². The van der Waals surface area contributed by atoms with Crippen LogP contribution in [0.1, 0.15) is 0 Å². The Hall–Kier alpha value is -2.17. The van der Waals surface area contributed by atoms with Gasteiger partial charge in [-0.1, -0.05) is 18.2 Å². The van der Waals surface area contributed by atoms with E-state index in [9.17, 15) is 4.79 Å². The lowest BCUT2D eigenvalue weighted by Crippen LogP contribution is -2.10. The molecule has 3 aromatic rings. The number of para-hydroxylation sites is 1. The van der Waals surface area contributed by atoms with Gasteiger partial charge < -0.3 is 0 Å². The van der Waals surface area contributed by atoms with Gasteiger partial charge in [-0.25, -0.2) is 19.3 Å². The average Bonchev–Trinajstić information content (AvgIpc) is 2.61. The first-order valence-corrected chi connectivity index (χ1v) is 4.17. The van der Waals surface area contributed by atoms with E-state index in [4.69, 9.17) is 0 Å². The van der Waals surface area contributed by atoms with Crippen molar-refractivity contribution in [1.29, 1.82) is 0 Å². The molecule has 0 amide bonds. The monoisotopic (exact) mass is 186 g/mol. The third kappa shape index (κ3) is 0.806. The van der Waals surface area contributed by atoms with E-state index in [1.54, 1.807) is 6.20 Å². The van der Waals surface area contributed by atoms with Gasteiger partial charge in [0, 0.05) is 11.6 Å². The zero-order chi connectivity index (χ0) is 9.54. The fourth-order valence-corrected chi connectivity index (χ4v) is 1.52. The Labute approximate surface area is 78.0 Å². The Kier molecular flexibility index (Phi) is 1.25. The first-order chi connectivity index (χ1) is 6.86. The van der Waals surface area contributed by atoms with Gasteiger partial charge in [0.05, 0.1) is 5.52 Å². The van der Waals surface area contributed by atoms with Gasteiger partial charge in [-0.15, -0.1) is 5.10 Å². The number of aromatic amines is 1. The zero-order valence-corrected chi connectivity index (χ0v) is 7.14. The number of hydrogen-bond donors (Lipinski definition) is 1. The number of benzene rings is 1. The molecule has 2 aromatic heterocycles. The molecular weight excluding hydrogens is 180 g/mol. The maximum Gasteiger partial charge on any atom is 0.349 e. The summed E-state index contributed by atoms with van der Waals surface area (Å²) in [5.41, 5.74) is 0.556. The second kappa shape index (κ2) is 2.41. The minimum Gasteiger partial charge on any atom is -0.246 e. The van der Waals surface area contributed by atoms with Crippen LogP contribution < -0.4 is 5.69 Å². The summed E-state index contributed by atoms with van der Waals surface area (Å²) < 4.78 is 1.45. The Morgan fingerprint density at radius 2 is 2.14 bits per heavy atom.